The van der Waals surface area contributed by atoms with E-state index in [0.29, 0.717) is 0 Å². The number of ether oxygens (including phenoxy) is 1. The van der Waals surface area contributed by atoms with E-state index in [9.17, 15) is 13.6 Å². The summed E-state index contributed by atoms with van der Waals surface area (Å²) in [6.45, 7) is -0.0909. The van der Waals surface area contributed by atoms with Crippen molar-refractivity contribution in [3.8, 4) is 5.88 Å². The maximum absolute atomic E-state index is 12.5. The third-order valence-corrected chi connectivity index (χ3v) is 2.37. The van der Waals surface area contributed by atoms with Gasteiger partial charge in [0.1, 0.15) is 0 Å². The van der Waals surface area contributed by atoms with E-state index in [4.69, 9.17) is 9.84 Å². The van der Waals surface area contributed by atoms with Gasteiger partial charge in [0, 0.05) is 18.7 Å². The lowest BCUT2D eigenvalue weighted by Crippen LogP contribution is -2.07. The molecule has 0 aromatic carbocycles. The Morgan fingerprint density at radius 1 is 1.62 bits per heavy atom. The SMILES string of the molecule is O=C(O)c1ccc(OC[C@@H]2CC2(F)F)nc1. The van der Waals surface area contributed by atoms with Crippen LogP contribution in [0.4, 0.5) is 8.78 Å². The van der Waals surface area contributed by atoms with E-state index in [0.717, 1.165) is 6.20 Å². The van der Waals surface area contributed by atoms with Crippen LogP contribution >= 0.6 is 0 Å². The molecule has 6 heteroatoms. The number of carboxylic acids is 1. The number of pyridine rings is 1. The van der Waals surface area contributed by atoms with Crippen molar-refractivity contribution < 1.29 is 23.4 Å². The van der Waals surface area contributed by atoms with E-state index in [1.165, 1.54) is 12.1 Å². The van der Waals surface area contributed by atoms with Gasteiger partial charge in [-0.25, -0.2) is 18.6 Å². The summed E-state index contributed by atoms with van der Waals surface area (Å²) >= 11 is 0. The summed E-state index contributed by atoms with van der Waals surface area (Å²) in [7, 11) is 0. The van der Waals surface area contributed by atoms with Crippen LogP contribution in [0.2, 0.25) is 0 Å². The van der Waals surface area contributed by atoms with Crippen LogP contribution in [-0.2, 0) is 0 Å². The highest BCUT2D eigenvalue weighted by molar-refractivity contribution is 5.87. The summed E-state index contributed by atoms with van der Waals surface area (Å²) in [6, 6.07) is 2.67. The minimum Gasteiger partial charge on any atom is -0.478 e. The predicted molar refractivity (Wildman–Crippen MR) is 49.7 cm³/mol. The van der Waals surface area contributed by atoms with Crippen molar-refractivity contribution in [1.82, 2.24) is 4.98 Å². The average molecular weight is 229 g/mol. The number of carboxylic acid groups (broad SMARTS) is 1. The minimum absolute atomic E-state index is 0.0316. The van der Waals surface area contributed by atoms with E-state index in [-0.39, 0.29) is 24.5 Å². The number of aromatic carboxylic acids is 1. The fourth-order valence-corrected chi connectivity index (χ4v) is 1.23. The Morgan fingerprint density at radius 3 is 2.75 bits per heavy atom. The third kappa shape index (κ3) is 2.26. The number of aromatic nitrogens is 1. The number of carbonyl (C=O) groups is 1. The molecule has 86 valence electrons. The second-order valence-corrected chi connectivity index (χ2v) is 3.66. The van der Waals surface area contributed by atoms with Crippen molar-refractivity contribution in [3.63, 3.8) is 0 Å². The second kappa shape index (κ2) is 3.70. The van der Waals surface area contributed by atoms with E-state index in [1.807, 2.05) is 0 Å². The second-order valence-electron chi connectivity index (χ2n) is 3.66. The molecule has 0 unspecified atom stereocenters. The van der Waals surface area contributed by atoms with Crippen LogP contribution in [0, 0.1) is 5.92 Å². The lowest BCUT2D eigenvalue weighted by molar-refractivity contribution is 0.0696. The summed E-state index contributed by atoms with van der Waals surface area (Å²) in [5, 5.41) is 8.59. The van der Waals surface area contributed by atoms with Gasteiger partial charge in [-0.05, 0) is 6.07 Å². The predicted octanol–water partition coefficient (Wildman–Crippen LogP) is 1.81. The van der Waals surface area contributed by atoms with Gasteiger partial charge in [-0.2, -0.15) is 0 Å². The highest BCUT2D eigenvalue weighted by atomic mass is 19.3. The molecule has 0 radical (unpaired) electrons. The third-order valence-electron chi connectivity index (χ3n) is 2.37. The van der Waals surface area contributed by atoms with E-state index >= 15 is 0 Å². The average Bonchev–Trinajstić information content (AvgIpc) is 2.84. The first-order valence-electron chi connectivity index (χ1n) is 4.69. The summed E-state index contributed by atoms with van der Waals surface area (Å²) in [5.41, 5.74) is 0.0316. The van der Waals surface area contributed by atoms with Crippen LogP contribution < -0.4 is 4.74 Å². The van der Waals surface area contributed by atoms with Crippen molar-refractivity contribution in [2.45, 2.75) is 12.3 Å². The highest BCUT2D eigenvalue weighted by Gasteiger charge is 2.57. The van der Waals surface area contributed by atoms with Crippen molar-refractivity contribution >= 4 is 5.97 Å². The fourth-order valence-electron chi connectivity index (χ4n) is 1.23. The smallest absolute Gasteiger partial charge is 0.337 e. The Kier molecular flexibility index (Phi) is 2.49. The Labute approximate surface area is 89.9 Å². The van der Waals surface area contributed by atoms with Gasteiger partial charge in [0.15, 0.2) is 0 Å². The summed E-state index contributed by atoms with van der Waals surface area (Å²) in [6.07, 6.45) is 0.975. The Balaban J connectivity index is 1.88. The van der Waals surface area contributed by atoms with Gasteiger partial charge in [-0.3, -0.25) is 0 Å². The quantitative estimate of drug-likeness (QED) is 0.855. The molecule has 1 fully saturated rings. The summed E-state index contributed by atoms with van der Waals surface area (Å²) in [4.78, 5) is 14.2. The fraction of sp³-hybridized carbons (Fsp3) is 0.400. The first-order chi connectivity index (χ1) is 7.49. The monoisotopic (exact) mass is 229 g/mol. The Bertz CT molecular complexity index is 405. The molecule has 1 saturated carbocycles. The maximum atomic E-state index is 12.5. The summed E-state index contributed by atoms with van der Waals surface area (Å²) in [5.74, 6) is -4.28. The van der Waals surface area contributed by atoms with Gasteiger partial charge >= 0.3 is 5.97 Å². The molecule has 1 N–H and O–H groups in total. The molecule has 1 aliphatic rings. The molecule has 1 heterocycles. The normalized spacial score (nSPS) is 21.5. The number of halogens is 2. The standard InChI is InChI=1S/C10H9F2NO3/c11-10(12)3-7(10)5-16-8-2-1-6(4-13-8)9(14)15/h1-2,4,7H,3,5H2,(H,14,15)/t7-/m0/s1. The van der Waals surface area contributed by atoms with E-state index in [1.54, 1.807) is 0 Å². The van der Waals surface area contributed by atoms with Crippen LogP contribution in [0.5, 0.6) is 5.88 Å². The zero-order chi connectivity index (χ0) is 11.8. The molecule has 0 saturated heterocycles. The van der Waals surface area contributed by atoms with Crippen molar-refractivity contribution in [2.75, 3.05) is 6.61 Å². The van der Waals surface area contributed by atoms with Crippen LogP contribution in [0.25, 0.3) is 0 Å². The summed E-state index contributed by atoms with van der Waals surface area (Å²) < 4.78 is 30.0. The topological polar surface area (TPSA) is 59.4 Å². The van der Waals surface area contributed by atoms with Crippen molar-refractivity contribution in [2.24, 2.45) is 5.92 Å². The number of rotatable bonds is 4. The number of nitrogens with zero attached hydrogens (tertiary/aromatic N) is 1. The van der Waals surface area contributed by atoms with Crippen LogP contribution in [0.15, 0.2) is 18.3 Å². The minimum atomic E-state index is -2.61. The van der Waals surface area contributed by atoms with Crippen LogP contribution in [0.3, 0.4) is 0 Å². The van der Waals surface area contributed by atoms with Gasteiger partial charge < -0.3 is 9.84 Å². The molecule has 1 aromatic heterocycles. The van der Waals surface area contributed by atoms with Crippen LogP contribution in [-0.4, -0.2) is 28.6 Å². The lowest BCUT2D eigenvalue weighted by Gasteiger charge is -2.04. The molecule has 2 rings (SSSR count). The number of hydrogen-bond donors (Lipinski definition) is 1. The zero-order valence-electron chi connectivity index (χ0n) is 8.19. The largest absolute Gasteiger partial charge is 0.478 e. The first kappa shape index (κ1) is 10.8. The van der Waals surface area contributed by atoms with Crippen LogP contribution in [0.1, 0.15) is 16.8 Å². The molecule has 0 aliphatic heterocycles. The molecule has 0 amide bonds. The number of hydrogen-bond acceptors (Lipinski definition) is 3. The molecular formula is C10H9F2NO3. The molecule has 0 bridgehead atoms. The zero-order valence-corrected chi connectivity index (χ0v) is 8.19. The Morgan fingerprint density at radius 2 is 2.31 bits per heavy atom. The van der Waals surface area contributed by atoms with E-state index in [2.05, 4.69) is 4.98 Å². The number of alkyl halides is 2. The molecule has 1 atom stereocenters. The van der Waals surface area contributed by atoms with E-state index < -0.39 is 17.8 Å². The molecule has 1 aliphatic carbocycles. The highest BCUT2D eigenvalue weighted by Crippen LogP contribution is 2.48. The van der Waals surface area contributed by atoms with Gasteiger partial charge in [0.25, 0.3) is 5.92 Å². The van der Waals surface area contributed by atoms with Gasteiger partial charge in [0.2, 0.25) is 5.88 Å². The molecular weight excluding hydrogens is 220 g/mol. The first-order valence-corrected chi connectivity index (χ1v) is 4.69. The van der Waals surface area contributed by atoms with Gasteiger partial charge in [-0.1, -0.05) is 0 Å². The van der Waals surface area contributed by atoms with Crippen molar-refractivity contribution in [1.29, 1.82) is 0 Å². The molecule has 0 spiro atoms. The van der Waals surface area contributed by atoms with Gasteiger partial charge in [-0.15, -0.1) is 0 Å². The Hall–Kier alpha value is -1.72. The van der Waals surface area contributed by atoms with Gasteiger partial charge in [0.05, 0.1) is 18.1 Å². The molecule has 4 nitrogen and oxygen atoms in total. The lowest BCUT2D eigenvalue weighted by atomic mass is 10.3. The maximum Gasteiger partial charge on any atom is 0.337 e. The molecule has 1 aromatic rings. The van der Waals surface area contributed by atoms with Crippen molar-refractivity contribution in [3.05, 3.63) is 23.9 Å². The molecule has 16 heavy (non-hydrogen) atoms.